The summed E-state index contributed by atoms with van der Waals surface area (Å²) in [6, 6.07) is 9.57. The van der Waals surface area contributed by atoms with Crippen molar-refractivity contribution in [3.05, 3.63) is 48.0 Å². The minimum atomic E-state index is -2.72. The van der Waals surface area contributed by atoms with E-state index in [4.69, 9.17) is 0 Å². The van der Waals surface area contributed by atoms with Gasteiger partial charge >= 0.3 is 6.03 Å². The molecule has 0 bridgehead atoms. The molecule has 1 saturated heterocycles. The van der Waals surface area contributed by atoms with E-state index in [0.717, 1.165) is 5.06 Å². The van der Waals surface area contributed by atoms with Crippen molar-refractivity contribution in [1.82, 2.24) is 5.32 Å². The normalized spacial score (nSPS) is 14.8. The van der Waals surface area contributed by atoms with Gasteiger partial charge in [-0.3, -0.25) is 19.8 Å². The minimum Gasteiger partial charge on any atom is -0.748 e. The van der Waals surface area contributed by atoms with Crippen LogP contribution >= 0.6 is 0 Å². The number of hydrogen-bond donors (Lipinski definition) is 3. The maximum atomic E-state index is 12.6. The first-order valence-corrected chi connectivity index (χ1v) is 9.62. The van der Waals surface area contributed by atoms with Gasteiger partial charge in [0.15, 0.2) is 0 Å². The molecule has 0 spiro atoms. The summed E-state index contributed by atoms with van der Waals surface area (Å²) in [6.07, 6.45) is 0.124. The zero-order valence-corrected chi connectivity index (χ0v) is 16.5. The van der Waals surface area contributed by atoms with Crippen molar-refractivity contribution in [2.75, 3.05) is 28.9 Å². The Morgan fingerprint density at radius 3 is 2.60 bits per heavy atom. The van der Waals surface area contributed by atoms with E-state index in [9.17, 15) is 28.3 Å². The van der Waals surface area contributed by atoms with E-state index in [0.29, 0.717) is 17.1 Å². The maximum Gasteiger partial charge on any atom is 0.328 e. The molecule has 0 aromatic heterocycles. The molecule has 12 heteroatoms. The number of imide groups is 1. The monoisotopic (exact) mass is 433 g/mol. The lowest BCUT2D eigenvalue weighted by atomic mass is 10.1. The van der Waals surface area contributed by atoms with Gasteiger partial charge in [0.2, 0.25) is 5.91 Å². The molecule has 1 aliphatic heterocycles. The molecule has 0 saturated carbocycles. The van der Waals surface area contributed by atoms with Crippen molar-refractivity contribution < 1.29 is 32.5 Å². The van der Waals surface area contributed by atoms with Crippen LogP contribution in [-0.4, -0.2) is 45.3 Å². The highest BCUT2D eigenvalue weighted by Gasteiger charge is 2.25. The molecule has 30 heavy (non-hydrogen) atoms. The highest BCUT2D eigenvalue weighted by Crippen LogP contribution is 2.27. The average molecular weight is 433 g/mol. The van der Waals surface area contributed by atoms with Gasteiger partial charge in [0.1, 0.15) is 17.1 Å². The molecule has 1 aliphatic rings. The molecule has 1 unspecified atom stereocenters. The number of phenolic OH excluding ortho intramolecular Hbond substituents is 1. The topological polar surface area (TPSA) is 151 Å². The first kappa shape index (κ1) is 21.2. The van der Waals surface area contributed by atoms with E-state index in [-0.39, 0.29) is 30.2 Å². The van der Waals surface area contributed by atoms with E-state index in [1.807, 2.05) is 0 Å². The van der Waals surface area contributed by atoms with Crippen LogP contribution in [0.5, 0.6) is 5.75 Å². The Bertz CT molecular complexity index is 1010. The van der Waals surface area contributed by atoms with Gasteiger partial charge in [-0.05, 0) is 42.5 Å². The fraction of sp³-hybridized carbons (Fsp3) is 0.167. The predicted molar refractivity (Wildman–Crippen MR) is 106 cm³/mol. The summed E-state index contributed by atoms with van der Waals surface area (Å²) >= 11 is -2.72. The first-order chi connectivity index (χ1) is 14.2. The molecule has 3 rings (SSSR count). The molecule has 11 nitrogen and oxygen atoms in total. The van der Waals surface area contributed by atoms with Crippen LogP contribution in [0.25, 0.3) is 0 Å². The fourth-order valence-corrected chi connectivity index (χ4v) is 3.04. The fourth-order valence-electron chi connectivity index (χ4n) is 2.77. The van der Waals surface area contributed by atoms with E-state index in [1.165, 1.54) is 54.4 Å². The van der Waals surface area contributed by atoms with E-state index < -0.39 is 23.3 Å². The summed E-state index contributed by atoms with van der Waals surface area (Å²) < 4.78 is 25.6. The number of nitrogens with zero attached hydrogens (tertiary/aromatic N) is 2. The van der Waals surface area contributed by atoms with Crippen LogP contribution in [0.2, 0.25) is 0 Å². The molecule has 3 N–H and O–H groups in total. The molecule has 0 radical (unpaired) electrons. The lowest BCUT2D eigenvalue weighted by molar-refractivity contribution is -0.120. The van der Waals surface area contributed by atoms with Crippen LogP contribution in [0.3, 0.4) is 0 Å². The third-order valence-corrected chi connectivity index (χ3v) is 4.60. The van der Waals surface area contributed by atoms with Gasteiger partial charge in [-0.25, -0.2) is 14.1 Å². The SMILES string of the molecule is CN(OS(=O)[O-])c1ccc(NC(=O)c2cc(N3CCC(=O)NC3=O)ccc2O)cc1. The second-order valence-corrected chi connectivity index (χ2v) is 6.79. The molecular formula is C18H17N4O7S-. The van der Waals surface area contributed by atoms with Crippen LogP contribution in [0, 0.1) is 0 Å². The highest BCUT2D eigenvalue weighted by molar-refractivity contribution is 7.74. The van der Waals surface area contributed by atoms with Gasteiger partial charge in [-0.1, -0.05) is 0 Å². The lowest BCUT2D eigenvalue weighted by Gasteiger charge is -2.27. The third kappa shape index (κ3) is 4.92. The number of amides is 4. The number of urea groups is 1. The quantitative estimate of drug-likeness (QED) is 0.455. The van der Waals surface area contributed by atoms with Gasteiger partial charge in [0.25, 0.3) is 5.91 Å². The third-order valence-electron chi connectivity index (χ3n) is 4.25. The molecule has 1 fully saturated rings. The minimum absolute atomic E-state index is 0.0662. The number of hydroxylamine groups is 1. The van der Waals surface area contributed by atoms with Crippen molar-refractivity contribution >= 4 is 46.3 Å². The summed E-state index contributed by atoms with van der Waals surface area (Å²) in [7, 11) is 1.40. The molecule has 1 heterocycles. The van der Waals surface area contributed by atoms with Crippen molar-refractivity contribution in [2.45, 2.75) is 6.42 Å². The van der Waals surface area contributed by atoms with Crippen molar-refractivity contribution in [1.29, 1.82) is 0 Å². The van der Waals surface area contributed by atoms with E-state index in [1.54, 1.807) is 0 Å². The second kappa shape index (κ2) is 8.90. The Morgan fingerprint density at radius 1 is 1.27 bits per heavy atom. The number of anilines is 3. The van der Waals surface area contributed by atoms with Gasteiger partial charge < -0.3 is 15.0 Å². The zero-order chi connectivity index (χ0) is 21.8. The smallest absolute Gasteiger partial charge is 0.328 e. The maximum absolute atomic E-state index is 12.6. The molecule has 4 amide bonds. The number of aromatic hydroxyl groups is 1. The molecule has 158 valence electrons. The van der Waals surface area contributed by atoms with Gasteiger partial charge in [-0.2, -0.15) is 4.28 Å². The van der Waals surface area contributed by atoms with Crippen LogP contribution in [0.15, 0.2) is 42.5 Å². The molecular weight excluding hydrogens is 416 g/mol. The van der Waals surface area contributed by atoms with Crippen molar-refractivity contribution in [3.63, 3.8) is 0 Å². The van der Waals surface area contributed by atoms with Crippen molar-refractivity contribution in [3.8, 4) is 5.75 Å². The Kier molecular flexibility index (Phi) is 6.30. The number of carbonyl (C=O) groups is 3. The summed E-state index contributed by atoms with van der Waals surface area (Å²) in [5.41, 5.74) is 1.09. The number of nitrogens with one attached hydrogen (secondary N) is 2. The number of rotatable bonds is 6. The summed E-state index contributed by atoms with van der Waals surface area (Å²) in [4.78, 5) is 37.2. The highest BCUT2D eigenvalue weighted by atomic mass is 32.2. The van der Waals surface area contributed by atoms with Gasteiger partial charge in [0, 0.05) is 31.4 Å². The lowest BCUT2D eigenvalue weighted by Crippen LogP contribution is -2.49. The predicted octanol–water partition coefficient (Wildman–Crippen LogP) is 1.25. The largest absolute Gasteiger partial charge is 0.748 e. The Morgan fingerprint density at radius 2 is 1.97 bits per heavy atom. The summed E-state index contributed by atoms with van der Waals surface area (Å²) in [5, 5.41) is 15.9. The molecule has 2 aromatic carbocycles. The number of phenols is 1. The molecule has 0 aliphatic carbocycles. The number of benzene rings is 2. The second-order valence-electron chi connectivity index (χ2n) is 6.23. The Balaban J connectivity index is 1.74. The zero-order valence-electron chi connectivity index (χ0n) is 15.7. The van der Waals surface area contributed by atoms with Crippen LogP contribution < -0.4 is 20.6 Å². The van der Waals surface area contributed by atoms with Crippen LogP contribution in [-0.2, 0) is 20.4 Å². The van der Waals surface area contributed by atoms with Gasteiger partial charge in [-0.15, -0.1) is 0 Å². The number of carbonyl (C=O) groups excluding carboxylic acids is 3. The van der Waals surface area contributed by atoms with E-state index >= 15 is 0 Å². The molecule has 1 atom stereocenters. The summed E-state index contributed by atoms with van der Waals surface area (Å²) in [5.74, 6) is -1.29. The van der Waals surface area contributed by atoms with Gasteiger partial charge in [0.05, 0.1) is 11.3 Å². The summed E-state index contributed by atoms with van der Waals surface area (Å²) in [6.45, 7) is 0.154. The number of hydrogen-bond acceptors (Lipinski definition) is 8. The molecule has 2 aromatic rings. The van der Waals surface area contributed by atoms with Crippen LogP contribution in [0.1, 0.15) is 16.8 Å². The first-order valence-electron chi connectivity index (χ1n) is 8.62. The Labute approximate surface area is 173 Å². The van der Waals surface area contributed by atoms with E-state index in [2.05, 4.69) is 14.9 Å². The van der Waals surface area contributed by atoms with Crippen LogP contribution in [0.4, 0.5) is 21.9 Å². The average Bonchev–Trinajstić information content (AvgIpc) is 2.68. The standard InChI is InChI=1S/C18H18N4O7S/c1-21(29-30(27)28)12-4-2-11(3-5-12)19-17(25)14-10-13(6-7-15(14)23)22-9-8-16(24)20-18(22)26/h2-7,10,23H,8-9H2,1H3,(H,19,25)(H,27,28)(H,20,24,26)/p-1. The van der Waals surface area contributed by atoms with Crippen molar-refractivity contribution in [2.24, 2.45) is 0 Å². The Hall–Kier alpha value is -3.48.